The molecule has 0 aromatic heterocycles. The molecule has 2 atom stereocenters. The van der Waals surface area contributed by atoms with Gasteiger partial charge in [0.05, 0.1) is 11.1 Å². The minimum atomic E-state index is -0.403. The van der Waals surface area contributed by atoms with E-state index < -0.39 is 11.8 Å². The third-order valence-corrected chi connectivity index (χ3v) is 5.12. The number of nitrogens with zero attached hydrogens (tertiary/aromatic N) is 1. The lowest BCUT2D eigenvalue weighted by Gasteiger charge is -2.18. The molecule has 2 fully saturated rings. The maximum absolute atomic E-state index is 11.5. The molecule has 3 rings (SSSR count). The van der Waals surface area contributed by atoms with Gasteiger partial charge in [-0.25, -0.2) is 0 Å². The summed E-state index contributed by atoms with van der Waals surface area (Å²) in [5, 5.41) is 2.12. The Balaban J connectivity index is 0.000000168. The number of likely N-dealkylation sites (tertiary alicyclic amines) is 1. The van der Waals surface area contributed by atoms with Gasteiger partial charge in [-0.3, -0.25) is 19.7 Å². The van der Waals surface area contributed by atoms with Crippen molar-refractivity contribution in [2.45, 2.75) is 39.2 Å². The van der Waals surface area contributed by atoms with E-state index >= 15 is 0 Å². The van der Waals surface area contributed by atoms with Gasteiger partial charge in [0, 0.05) is 19.5 Å². The number of hydrogen-bond donors (Lipinski definition) is 1. The molecule has 2 aliphatic heterocycles. The van der Waals surface area contributed by atoms with E-state index in [4.69, 9.17) is 0 Å². The van der Waals surface area contributed by atoms with E-state index in [0.717, 1.165) is 18.8 Å². The van der Waals surface area contributed by atoms with Crippen molar-refractivity contribution in [3.63, 3.8) is 0 Å². The Kier molecular flexibility index (Phi) is 4.59. The molecule has 2 unspecified atom stereocenters. The Morgan fingerprint density at radius 1 is 1.13 bits per heavy atom. The van der Waals surface area contributed by atoms with Crippen molar-refractivity contribution < 1.29 is 14.4 Å². The molecule has 1 saturated heterocycles. The molecule has 0 radical (unpaired) electrons. The maximum Gasteiger partial charge on any atom is 0.258 e. The van der Waals surface area contributed by atoms with E-state index in [2.05, 4.69) is 32.3 Å². The largest absolute Gasteiger partial charge is 0.342 e. The molecule has 1 N–H and O–H groups in total. The molecule has 1 aliphatic carbocycles. The lowest BCUT2D eigenvalue weighted by atomic mass is 10.0. The number of imide groups is 1. The number of carbonyl (C=O) groups excluding carboxylic acids is 3. The van der Waals surface area contributed by atoms with Crippen molar-refractivity contribution in [2.24, 2.45) is 11.3 Å². The number of nitrogens with one attached hydrogen (secondary N) is 1. The molecule has 3 amide bonds. The van der Waals surface area contributed by atoms with E-state index in [1.165, 1.54) is 18.6 Å². The van der Waals surface area contributed by atoms with Crippen molar-refractivity contribution in [3.8, 4) is 0 Å². The van der Waals surface area contributed by atoms with E-state index in [1.54, 1.807) is 0 Å². The molecule has 5 nitrogen and oxygen atoms in total. The molecule has 0 bridgehead atoms. The number of amides is 3. The quantitative estimate of drug-likeness (QED) is 0.792. The Labute approximate surface area is 137 Å². The van der Waals surface area contributed by atoms with Crippen molar-refractivity contribution in [3.05, 3.63) is 36.5 Å². The second-order valence-corrected chi connectivity index (χ2v) is 6.79. The van der Waals surface area contributed by atoms with Gasteiger partial charge < -0.3 is 4.90 Å². The number of hydrogen-bond acceptors (Lipinski definition) is 3. The van der Waals surface area contributed by atoms with Gasteiger partial charge in [-0.1, -0.05) is 39.2 Å². The van der Waals surface area contributed by atoms with Gasteiger partial charge in [-0.2, -0.15) is 0 Å². The third kappa shape index (κ3) is 3.00. The van der Waals surface area contributed by atoms with Gasteiger partial charge in [0.2, 0.25) is 5.91 Å². The Hall–Kier alpha value is -2.17. The second kappa shape index (κ2) is 6.14. The highest BCUT2D eigenvalue weighted by Gasteiger charge is 2.60. The fourth-order valence-electron chi connectivity index (χ4n) is 3.71. The number of rotatable bonds is 2. The fourth-order valence-corrected chi connectivity index (χ4v) is 3.71. The zero-order valence-electron chi connectivity index (χ0n) is 14.0. The van der Waals surface area contributed by atoms with Crippen LogP contribution in [0, 0.1) is 11.3 Å². The van der Waals surface area contributed by atoms with Crippen LogP contribution in [0.5, 0.6) is 0 Å². The summed E-state index contributed by atoms with van der Waals surface area (Å²) in [6.45, 7) is 11.4. The average molecular weight is 316 g/mol. The molecule has 0 spiro atoms. The monoisotopic (exact) mass is 316 g/mol. The van der Waals surface area contributed by atoms with Crippen LogP contribution >= 0.6 is 0 Å². The van der Waals surface area contributed by atoms with Crippen LogP contribution in [0.25, 0.3) is 0 Å². The van der Waals surface area contributed by atoms with Gasteiger partial charge in [-0.05, 0) is 24.2 Å². The standard InChI is InChI=1S/C10H17NO.C8H7NO2/c1-10(2)7-5-4-6-8(12)11(3)9(7)10;1-3-5-6(4-2)8(11)9-7(5)10/h7,9H,4-6H2,1-3H3;3-4H,1-2H2,(H,9,10,11). The highest BCUT2D eigenvalue weighted by atomic mass is 16.2. The molecular formula is C18H24N2O3. The molecular weight excluding hydrogens is 292 g/mol. The maximum atomic E-state index is 11.5. The zero-order valence-corrected chi connectivity index (χ0v) is 14.0. The summed E-state index contributed by atoms with van der Waals surface area (Å²) < 4.78 is 0. The molecule has 0 aromatic carbocycles. The number of fused-ring (bicyclic) bond motifs is 1. The lowest BCUT2D eigenvalue weighted by Crippen LogP contribution is -2.30. The van der Waals surface area contributed by atoms with Crippen molar-refractivity contribution in [1.82, 2.24) is 10.2 Å². The van der Waals surface area contributed by atoms with Crippen LogP contribution in [0.4, 0.5) is 0 Å². The Morgan fingerprint density at radius 3 is 2.13 bits per heavy atom. The summed E-state index contributed by atoms with van der Waals surface area (Å²) in [5.41, 5.74) is 0.986. The minimum absolute atomic E-state index is 0.296. The second-order valence-electron chi connectivity index (χ2n) is 6.79. The van der Waals surface area contributed by atoms with Crippen LogP contribution < -0.4 is 5.32 Å². The molecule has 23 heavy (non-hydrogen) atoms. The van der Waals surface area contributed by atoms with Crippen LogP contribution in [-0.2, 0) is 14.4 Å². The first kappa shape index (κ1) is 17.2. The molecule has 124 valence electrons. The predicted molar refractivity (Wildman–Crippen MR) is 88.2 cm³/mol. The first-order valence-electron chi connectivity index (χ1n) is 7.86. The van der Waals surface area contributed by atoms with Crippen LogP contribution in [0.15, 0.2) is 36.5 Å². The van der Waals surface area contributed by atoms with Gasteiger partial charge >= 0.3 is 0 Å². The van der Waals surface area contributed by atoms with Gasteiger partial charge in [-0.15, -0.1) is 0 Å². The zero-order chi connectivity index (χ0) is 17.4. The highest BCUT2D eigenvalue weighted by Crippen LogP contribution is 2.58. The average Bonchev–Trinajstić information content (AvgIpc) is 2.97. The van der Waals surface area contributed by atoms with E-state index in [9.17, 15) is 14.4 Å². The summed E-state index contributed by atoms with van der Waals surface area (Å²) in [5.74, 6) is 0.307. The highest BCUT2D eigenvalue weighted by molar-refractivity contribution is 6.21. The molecule has 5 heteroatoms. The van der Waals surface area contributed by atoms with E-state index in [1.807, 2.05) is 11.9 Å². The van der Waals surface area contributed by atoms with Gasteiger partial charge in [0.15, 0.2) is 0 Å². The third-order valence-electron chi connectivity index (χ3n) is 5.12. The van der Waals surface area contributed by atoms with Crippen molar-refractivity contribution >= 4 is 17.7 Å². The first-order chi connectivity index (χ1) is 10.8. The Morgan fingerprint density at radius 2 is 1.65 bits per heavy atom. The summed E-state index contributed by atoms with van der Waals surface area (Å²) in [6.07, 6.45) is 5.79. The predicted octanol–water partition coefficient (Wildman–Crippen LogP) is 1.96. The Bertz CT molecular complexity index is 588. The smallest absolute Gasteiger partial charge is 0.258 e. The summed E-state index contributed by atoms with van der Waals surface area (Å²) >= 11 is 0. The van der Waals surface area contributed by atoms with Crippen molar-refractivity contribution in [2.75, 3.05) is 7.05 Å². The van der Waals surface area contributed by atoms with E-state index in [-0.39, 0.29) is 0 Å². The molecule has 0 aromatic rings. The van der Waals surface area contributed by atoms with E-state index in [0.29, 0.717) is 28.5 Å². The van der Waals surface area contributed by atoms with Gasteiger partial charge in [0.25, 0.3) is 11.8 Å². The summed E-state index contributed by atoms with van der Waals surface area (Å²) in [7, 11) is 1.96. The van der Waals surface area contributed by atoms with Crippen LogP contribution in [-0.4, -0.2) is 35.7 Å². The summed E-state index contributed by atoms with van der Waals surface area (Å²) in [6, 6.07) is 0.535. The lowest BCUT2D eigenvalue weighted by molar-refractivity contribution is -0.130. The SMILES string of the molecule is C=CC1=C(C=C)C(=O)NC1=O.CN1C(=O)CCCC2C1C2(C)C. The summed E-state index contributed by atoms with van der Waals surface area (Å²) in [4.78, 5) is 35.2. The topological polar surface area (TPSA) is 66.5 Å². The molecule has 2 heterocycles. The minimum Gasteiger partial charge on any atom is -0.342 e. The van der Waals surface area contributed by atoms with Gasteiger partial charge in [0.1, 0.15) is 0 Å². The normalized spacial score (nSPS) is 28.3. The number of carbonyl (C=O) groups is 3. The van der Waals surface area contributed by atoms with Crippen LogP contribution in [0.3, 0.4) is 0 Å². The first-order valence-corrected chi connectivity index (χ1v) is 7.86. The molecule has 3 aliphatic rings. The fraction of sp³-hybridized carbons (Fsp3) is 0.500. The van der Waals surface area contributed by atoms with Crippen LogP contribution in [0.2, 0.25) is 0 Å². The van der Waals surface area contributed by atoms with Crippen LogP contribution in [0.1, 0.15) is 33.1 Å². The molecule has 1 saturated carbocycles. The van der Waals surface area contributed by atoms with Crippen molar-refractivity contribution in [1.29, 1.82) is 0 Å².